The van der Waals surface area contributed by atoms with Crippen molar-refractivity contribution in [2.45, 2.75) is 33.6 Å². The molecule has 2 heterocycles. The van der Waals surface area contributed by atoms with Gasteiger partial charge in [0.15, 0.2) is 5.69 Å². The fraction of sp³-hybridized carbons (Fsp3) is 0.500. The van der Waals surface area contributed by atoms with Crippen LogP contribution >= 0.6 is 0 Å². The van der Waals surface area contributed by atoms with Crippen molar-refractivity contribution in [2.75, 3.05) is 19.7 Å². The summed E-state index contributed by atoms with van der Waals surface area (Å²) in [6, 6.07) is 7.69. The molecule has 0 saturated carbocycles. The van der Waals surface area contributed by atoms with Crippen LogP contribution < -0.4 is 0 Å². The van der Waals surface area contributed by atoms with E-state index in [4.69, 9.17) is 4.74 Å². The van der Waals surface area contributed by atoms with Crippen LogP contribution in [-0.4, -0.2) is 35.7 Å². The molecule has 1 aliphatic heterocycles. The average molecular weight is 328 g/mol. The van der Waals surface area contributed by atoms with Gasteiger partial charge in [-0.05, 0) is 31.2 Å². The molecule has 1 aromatic heterocycles. The van der Waals surface area contributed by atoms with Gasteiger partial charge in [0.2, 0.25) is 0 Å². The maximum absolute atomic E-state index is 12.2. The third kappa shape index (κ3) is 3.42. The summed E-state index contributed by atoms with van der Waals surface area (Å²) in [5, 5.41) is 11.7. The van der Waals surface area contributed by atoms with Gasteiger partial charge in [-0.2, -0.15) is 0 Å². The number of hydrogen-bond donors (Lipinski definition) is 1. The number of H-pyrrole nitrogens is 1. The quantitative estimate of drug-likeness (QED) is 0.665. The Morgan fingerprint density at radius 3 is 2.92 bits per heavy atom. The van der Waals surface area contributed by atoms with Gasteiger partial charge in [-0.3, -0.25) is 5.01 Å². The second-order valence-electron chi connectivity index (χ2n) is 6.96. The zero-order valence-electron chi connectivity index (χ0n) is 14.5. The van der Waals surface area contributed by atoms with Crippen LogP contribution in [0.15, 0.2) is 34.6 Å². The highest BCUT2D eigenvalue weighted by Crippen LogP contribution is 2.33. The van der Waals surface area contributed by atoms with Gasteiger partial charge in [-0.25, -0.2) is 4.79 Å². The summed E-state index contributed by atoms with van der Waals surface area (Å²) in [5.74, 6) is -0.401. The SMILES string of the molecule is CCOC(=O)c1[nH]c2ccccc2c1N=NN1CCCC(C)(C)C1. The number of piperidine rings is 1. The minimum Gasteiger partial charge on any atom is -0.461 e. The Hall–Kier alpha value is -2.37. The van der Waals surface area contributed by atoms with Gasteiger partial charge < -0.3 is 9.72 Å². The van der Waals surface area contributed by atoms with E-state index in [-0.39, 0.29) is 5.41 Å². The summed E-state index contributed by atoms with van der Waals surface area (Å²) in [5.41, 5.74) is 2.00. The molecular formula is C18H24N4O2. The van der Waals surface area contributed by atoms with Crippen molar-refractivity contribution in [3.63, 3.8) is 0 Å². The van der Waals surface area contributed by atoms with Gasteiger partial charge in [-0.15, -0.1) is 5.11 Å². The molecule has 1 fully saturated rings. The zero-order valence-corrected chi connectivity index (χ0v) is 14.5. The summed E-state index contributed by atoms with van der Waals surface area (Å²) in [6.45, 7) is 8.36. The molecule has 0 amide bonds. The zero-order chi connectivity index (χ0) is 17.2. The predicted molar refractivity (Wildman–Crippen MR) is 93.4 cm³/mol. The van der Waals surface area contributed by atoms with Crippen molar-refractivity contribution in [1.82, 2.24) is 9.99 Å². The summed E-state index contributed by atoms with van der Waals surface area (Å²) in [7, 11) is 0. The minimum atomic E-state index is -0.401. The number of carbonyl (C=O) groups excluding carboxylic acids is 1. The topological polar surface area (TPSA) is 70.0 Å². The number of aromatic amines is 1. The van der Waals surface area contributed by atoms with Gasteiger partial charge >= 0.3 is 5.97 Å². The molecule has 0 radical (unpaired) electrons. The van der Waals surface area contributed by atoms with Gasteiger partial charge in [-0.1, -0.05) is 37.3 Å². The Morgan fingerprint density at radius 2 is 2.17 bits per heavy atom. The molecule has 1 saturated heterocycles. The van der Waals surface area contributed by atoms with Crippen LogP contribution in [0.2, 0.25) is 0 Å². The first-order valence-corrected chi connectivity index (χ1v) is 8.44. The monoisotopic (exact) mass is 328 g/mol. The highest BCUT2D eigenvalue weighted by Gasteiger charge is 2.26. The fourth-order valence-electron chi connectivity index (χ4n) is 3.16. The van der Waals surface area contributed by atoms with E-state index in [1.165, 1.54) is 6.42 Å². The van der Waals surface area contributed by atoms with E-state index >= 15 is 0 Å². The van der Waals surface area contributed by atoms with E-state index < -0.39 is 5.97 Å². The molecule has 3 rings (SSSR count). The molecule has 128 valence electrons. The third-order valence-corrected chi connectivity index (χ3v) is 4.31. The lowest BCUT2D eigenvalue weighted by Crippen LogP contribution is -2.36. The van der Waals surface area contributed by atoms with E-state index in [2.05, 4.69) is 29.2 Å². The number of ether oxygens (including phenoxy) is 1. The standard InChI is InChI=1S/C18H24N4O2/c1-4-24-17(23)16-15(13-8-5-6-9-14(13)19-16)20-21-22-11-7-10-18(2,3)12-22/h5-6,8-9,19H,4,7,10-12H2,1-3H3. The molecule has 2 aromatic rings. The molecule has 0 bridgehead atoms. The summed E-state index contributed by atoms with van der Waals surface area (Å²) in [4.78, 5) is 15.3. The molecule has 0 unspecified atom stereocenters. The number of benzene rings is 1. The second kappa shape index (κ2) is 6.63. The van der Waals surface area contributed by atoms with Crippen molar-refractivity contribution in [1.29, 1.82) is 0 Å². The number of para-hydroxylation sites is 1. The van der Waals surface area contributed by atoms with E-state index in [0.29, 0.717) is 18.0 Å². The number of aromatic nitrogens is 1. The van der Waals surface area contributed by atoms with Crippen molar-refractivity contribution in [3.05, 3.63) is 30.0 Å². The molecule has 0 spiro atoms. The van der Waals surface area contributed by atoms with Crippen molar-refractivity contribution in [2.24, 2.45) is 15.8 Å². The molecule has 0 aliphatic carbocycles. The first kappa shape index (κ1) is 16.5. The Kier molecular flexibility index (Phi) is 4.55. The van der Waals surface area contributed by atoms with Gasteiger partial charge in [0, 0.05) is 24.0 Å². The van der Waals surface area contributed by atoms with E-state index in [9.17, 15) is 4.79 Å². The number of nitrogens with one attached hydrogen (secondary N) is 1. The van der Waals surface area contributed by atoms with Crippen LogP contribution in [0.3, 0.4) is 0 Å². The molecule has 6 heteroatoms. The smallest absolute Gasteiger partial charge is 0.357 e. The number of esters is 1. The summed E-state index contributed by atoms with van der Waals surface area (Å²) >= 11 is 0. The number of carbonyl (C=O) groups is 1. The largest absolute Gasteiger partial charge is 0.461 e. The number of fused-ring (bicyclic) bond motifs is 1. The maximum Gasteiger partial charge on any atom is 0.357 e. The van der Waals surface area contributed by atoms with Crippen molar-refractivity contribution in [3.8, 4) is 0 Å². The molecular weight excluding hydrogens is 304 g/mol. The molecule has 1 aromatic carbocycles. The van der Waals surface area contributed by atoms with E-state index in [1.54, 1.807) is 6.92 Å². The maximum atomic E-state index is 12.2. The van der Waals surface area contributed by atoms with Crippen LogP contribution in [0, 0.1) is 5.41 Å². The molecule has 0 atom stereocenters. The lowest BCUT2D eigenvalue weighted by atomic mass is 9.85. The summed E-state index contributed by atoms with van der Waals surface area (Å²) < 4.78 is 5.14. The number of rotatable bonds is 4. The van der Waals surface area contributed by atoms with Crippen LogP contribution in [0.25, 0.3) is 10.9 Å². The van der Waals surface area contributed by atoms with E-state index in [1.807, 2.05) is 29.3 Å². The lowest BCUT2D eigenvalue weighted by Gasteiger charge is -2.35. The normalized spacial score (nSPS) is 17.5. The molecule has 24 heavy (non-hydrogen) atoms. The van der Waals surface area contributed by atoms with Gasteiger partial charge in [0.05, 0.1) is 6.61 Å². The van der Waals surface area contributed by atoms with Crippen LogP contribution in [0.5, 0.6) is 0 Å². The Balaban J connectivity index is 1.93. The number of hydrogen-bond acceptors (Lipinski definition) is 4. The third-order valence-electron chi connectivity index (χ3n) is 4.31. The van der Waals surface area contributed by atoms with Crippen molar-refractivity contribution < 1.29 is 9.53 Å². The minimum absolute atomic E-state index is 0.238. The lowest BCUT2D eigenvalue weighted by molar-refractivity contribution is 0.0521. The Bertz CT molecular complexity index is 763. The first-order chi connectivity index (χ1) is 11.5. The first-order valence-electron chi connectivity index (χ1n) is 8.44. The van der Waals surface area contributed by atoms with Gasteiger partial charge in [0.25, 0.3) is 0 Å². The Labute approximate surface area is 141 Å². The molecule has 1 N–H and O–H groups in total. The Morgan fingerprint density at radius 1 is 1.38 bits per heavy atom. The number of nitrogens with zero attached hydrogens (tertiary/aromatic N) is 3. The fourth-order valence-corrected chi connectivity index (χ4v) is 3.16. The highest BCUT2D eigenvalue weighted by atomic mass is 16.5. The second-order valence-corrected chi connectivity index (χ2v) is 6.96. The van der Waals surface area contributed by atoms with E-state index in [0.717, 1.165) is 30.4 Å². The highest BCUT2D eigenvalue weighted by molar-refractivity contribution is 6.04. The van der Waals surface area contributed by atoms with Crippen molar-refractivity contribution >= 4 is 22.6 Å². The summed E-state index contributed by atoms with van der Waals surface area (Å²) in [6.07, 6.45) is 2.30. The van der Waals surface area contributed by atoms with Crippen LogP contribution in [0.1, 0.15) is 44.1 Å². The molecule has 1 aliphatic rings. The van der Waals surface area contributed by atoms with Crippen LogP contribution in [-0.2, 0) is 4.74 Å². The van der Waals surface area contributed by atoms with Crippen LogP contribution in [0.4, 0.5) is 5.69 Å². The van der Waals surface area contributed by atoms with Gasteiger partial charge in [0.1, 0.15) is 5.69 Å². The predicted octanol–water partition coefficient (Wildman–Crippen LogP) is 4.47. The average Bonchev–Trinajstić information content (AvgIpc) is 2.91. The molecule has 6 nitrogen and oxygen atoms in total.